The maximum Gasteiger partial charge on any atom is 0.267 e. The average molecular weight is 355 g/mol. The third kappa shape index (κ3) is 1.73. The second-order valence-corrected chi connectivity index (χ2v) is 7.53. The molecule has 4 rings (SSSR count). The van der Waals surface area contributed by atoms with Crippen molar-refractivity contribution in [1.29, 1.82) is 0 Å². The molecule has 0 radical (unpaired) electrons. The largest absolute Gasteiger partial charge is 0.268 e. The Morgan fingerprint density at radius 3 is 3.00 bits per heavy atom. The minimum Gasteiger partial charge on any atom is -0.268 e. The summed E-state index contributed by atoms with van der Waals surface area (Å²) in [5.41, 5.74) is 1.38. The molecule has 1 aliphatic rings. The summed E-state index contributed by atoms with van der Waals surface area (Å²) in [6, 6.07) is 0. The first-order valence-electron chi connectivity index (χ1n) is 6.29. The van der Waals surface area contributed by atoms with Crippen molar-refractivity contribution in [2.45, 2.75) is 31.0 Å². The molecule has 0 saturated heterocycles. The first-order valence-corrected chi connectivity index (χ1v) is 9.04. The maximum atomic E-state index is 12.7. The Bertz CT molecular complexity index is 846. The highest BCUT2D eigenvalue weighted by molar-refractivity contribution is 9.08. The first-order chi connectivity index (χ1) is 9.28. The molecular formula is C13H11BrN2OS2. The molecule has 19 heavy (non-hydrogen) atoms. The molecule has 6 heteroatoms. The van der Waals surface area contributed by atoms with Crippen molar-refractivity contribution >= 4 is 53.8 Å². The average Bonchev–Trinajstić information content (AvgIpc) is 2.99. The molecule has 0 spiro atoms. The molecule has 1 aliphatic carbocycles. The number of fused-ring (bicyclic) bond motifs is 4. The van der Waals surface area contributed by atoms with Gasteiger partial charge < -0.3 is 0 Å². The first kappa shape index (κ1) is 12.1. The van der Waals surface area contributed by atoms with Crippen LogP contribution in [0.2, 0.25) is 0 Å². The lowest BCUT2D eigenvalue weighted by atomic mass is 9.97. The fourth-order valence-corrected chi connectivity index (χ4v) is 5.35. The topological polar surface area (TPSA) is 34.4 Å². The molecule has 0 aliphatic heterocycles. The van der Waals surface area contributed by atoms with E-state index in [1.165, 1.54) is 23.3 Å². The lowest BCUT2D eigenvalue weighted by Crippen LogP contribution is -2.14. The van der Waals surface area contributed by atoms with Gasteiger partial charge in [0.15, 0.2) is 4.96 Å². The number of thiazole rings is 1. The van der Waals surface area contributed by atoms with E-state index in [2.05, 4.69) is 15.9 Å². The fourth-order valence-electron chi connectivity index (χ4n) is 2.73. The van der Waals surface area contributed by atoms with E-state index in [1.54, 1.807) is 27.1 Å². The Morgan fingerprint density at radius 1 is 1.32 bits per heavy atom. The number of nitrogens with zero attached hydrogens (tertiary/aromatic N) is 2. The number of thiophene rings is 1. The zero-order chi connectivity index (χ0) is 13.0. The summed E-state index contributed by atoms with van der Waals surface area (Å²) < 4.78 is 1.71. The Labute approximate surface area is 126 Å². The minimum absolute atomic E-state index is 0.114. The molecule has 0 atom stereocenters. The summed E-state index contributed by atoms with van der Waals surface area (Å²) >= 11 is 6.74. The smallest absolute Gasteiger partial charge is 0.267 e. The van der Waals surface area contributed by atoms with Crippen molar-refractivity contribution in [3.05, 3.63) is 31.9 Å². The molecule has 3 aromatic heterocycles. The molecule has 3 nitrogen and oxygen atoms in total. The van der Waals surface area contributed by atoms with E-state index in [0.717, 1.165) is 38.2 Å². The number of halogens is 1. The summed E-state index contributed by atoms with van der Waals surface area (Å²) in [5, 5.41) is 1.64. The van der Waals surface area contributed by atoms with E-state index in [0.29, 0.717) is 0 Å². The van der Waals surface area contributed by atoms with Crippen molar-refractivity contribution in [1.82, 2.24) is 9.38 Å². The predicted octanol–water partition coefficient (Wildman–Crippen LogP) is 3.74. The Hall–Kier alpha value is -0.720. The molecule has 0 saturated carbocycles. The lowest BCUT2D eigenvalue weighted by molar-refractivity contribution is 0.700. The number of rotatable bonds is 1. The quantitative estimate of drug-likeness (QED) is 0.623. The fraction of sp³-hybridized carbons (Fsp3) is 0.385. The minimum atomic E-state index is 0.114. The van der Waals surface area contributed by atoms with Crippen LogP contribution in [0.4, 0.5) is 0 Å². The Morgan fingerprint density at radius 2 is 2.16 bits per heavy atom. The number of aromatic nitrogens is 2. The third-order valence-corrected chi connectivity index (χ3v) is 6.76. The molecule has 0 fully saturated rings. The summed E-state index contributed by atoms with van der Waals surface area (Å²) in [6.45, 7) is 0. The van der Waals surface area contributed by atoms with Crippen LogP contribution in [0.3, 0.4) is 0 Å². The highest BCUT2D eigenvalue weighted by Crippen LogP contribution is 2.34. The molecule has 98 valence electrons. The Balaban J connectivity index is 2.13. The van der Waals surface area contributed by atoms with Crippen LogP contribution in [0.5, 0.6) is 0 Å². The Kier molecular flexibility index (Phi) is 2.79. The third-order valence-electron chi connectivity index (χ3n) is 3.62. The van der Waals surface area contributed by atoms with Crippen LogP contribution in [0.15, 0.2) is 11.0 Å². The zero-order valence-electron chi connectivity index (χ0n) is 10.1. The molecule has 0 amide bonds. The van der Waals surface area contributed by atoms with Gasteiger partial charge in [-0.25, -0.2) is 4.98 Å². The maximum absolute atomic E-state index is 12.7. The standard InChI is InChI=1S/C13H11BrN2OS2/c14-5-7-6-16-12(17)10-8-3-1-2-4-9(8)19-11(10)15-13(16)18-7/h6H,1-5H2. The van der Waals surface area contributed by atoms with E-state index in [9.17, 15) is 4.79 Å². The van der Waals surface area contributed by atoms with Crippen LogP contribution in [0.25, 0.3) is 15.2 Å². The predicted molar refractivity (Wildman–Crippen MR) is 84.0 cm³/mol. The van der Waals surface area contributed by atoms with Gasteiger partial charge in [0.2, 0.25) is 0 Å². The van der Waals surface area contributed by atoms with Gasteiger partial charge in [-0.1, -0.05) is 15.9 Å². The number of alkyl halides is 1. The zero-order valence-corrected chi connectivity index (χ0v) is 13.3. The van der Waals surface area contributed by atoms with Crippen molar-refractivity contribution < 1.29 is 0 Å². The molecule has 0 bridgehead atoms. The number of aryl methyl sites for hydroxylation is 2. The van der Waals surface area contributed by atoms with Gasteiger partial charge >= 0.3 is 0 Å². The highest BCUT2D eigenvalue weighted by atomic mass is 79.9. The molecule has 0 unspecified atom stereocenters. The molecular weight excluding hydrogens is 344 g/mol. The second-order valence-electron chi connectivity index (χ2n) is 4.79. The van der Waals surface area contributed by atoms with Gasteiger partial charge in [0.1, 0.15) is 4.83 Å². The van der Waals surface area contributed by atoms with E-state index < -0.39 is 0 Å². The van der Waals surface area contributed by atoms with Gasteiger partial charge in [0.05, 0.1) is 5.39 Å². The second kappa shape index (κ2) is 4.40. The molecule has 3 aromatic rings. The van der Waals surface area contributed by atoms with Gasteiger partial charge in [-0.2, -0.15) is 0 Å². The van der Waals surface area contributed by atoms with Gasteiger partial charge in [0.25, 0.3) is 5.56 Å². The molecule has 3 heterocycles. The number of hydrogen-bond donors (Lipinski definition) is 0. The van der Waals surface area contributed by atoms with Gasteiger partial charge in [-0.15, -0.1) is 22.7 Å². The van der Waals surface area contributed by atoms with Gasteiger partial charge in [0, 0.05) is 21.3 Å². The van der Waals surface area contributed by atoms with Crippen LogP contribution in [-0.4, -0.2) is 9.38 Å². The van der Waals surface area contributed by atoms with Crippen LogP contribution >= 0.6 is 38.6 Å². The SMILES string of the molecule is O=c1c2c3c(sc2nc2sc(CBr)cn12)CCCC3. The number of hydrogen-bond acceptors (Lipinski definition) is 4. The van der Waals surface area contributed by atoms with E-state index in [1.807, 2.05) is 6.20 Å². The van der Waals surface area contributed by atoms with Crippen molar-refractivity contribution in [3.8, 4) is 0 Å². The summed E-state index contributed by atoms with van der Waals surface area (Å²) in [5.74, 6) is 0. The van der Waals surface area contributed by atoms with Crippen molar-refractivity contribution in [2.75, 3.05) is 0 Å². The normalized spacial score (nSPS) is 15.2. The monoisotopic (exact) mass is 354 g/mol. The lowest BCUT2D eigenvalue weighted by Gasteiger charge is -2.09. The van der Waals surface area contributed by atoms with E-state index >= 15 is 0 Å². The van der Waals surface area contributed by atoms with E-state index in [-0.39, 0.29) is 5.56 Å². The van der Waals surface area contributed by atoms with Crippen molar-refractivity contribution in [2.24, 2.45) is 0 Å². The molecule has 0 aromatic carbocycles. The van der Waals surface area contributed by atoms with E-state index in [4.69, 9.17) is 4.98 Å². The van der Waals surface area contributed by atoms with Crippen LogP contribution < -0.4 is 5.56 Å². The van der Waals surface area contributed by atoms with Crippen LogP contribution in [0, 0.1) is 0 Å². The van der Waals surface area contributed by atoms with Gasteiger partial charge in [-0.3, -0.25) is 9.20 Å². The summed E-state index contributed by atoms with van der Waals surface area (Å²) in [6.07, 6.45) is 6.49. The van der Waals surface area contributed by atoms with Crippen molar-refractivity contribution in [3.63, 3.8) is 0 Å². The summed E-state index contributed by atoms with van der Waals surface area (Å²) in [4.78, 5) is 21.6. The highest BCUT2D eigenvalue weighted by Gasteiger charge is 2.20. The van der Waals surface area contributed by atoms with Crippen LogP contribution in [0.1, 0.15) is 28.2 Å². The van der Waals surface area contributed by atoms with Crippen LogP contribution in [-0.2, 0) is 18.2 Å². The summed E-state index contributed by atoms with van der Waals surface area (Å²) in [7, 11) is 0. The van der Waals surface area contributed by atoms with Gasteiger partial charge in [-0.05, 0) is 31.2 Å². The molecule has 0 N–H and O–H groups in total.